The third kappa shape index (κ3) is 4.53. The number of benzene rings is 3. The number of nitrogens with one attached hydrogen (secondary N) is 2. The molecule has 0 bridgehead atoms. The van der Waals surface area contributed by atoms with Crippen molar-refractivity contribution in [3.05, 3.63) is 81.3 Å². The number of hydrogen-bond donors (Lipinski definition) is 2. The standard InChI is InChI=1S/C22H15BrClN3O2S/c1-12-2-4-13(5-3-12)20(28)27-22(30)25-15-7-9-19-18(11-15)26-21(29-19)16-10-14(23)6-8-17(16)24/h2-11H,1H3,(H2,25,27,28,30). The Balaban J connectivity index is 1.51. The van der Waals surface area contributed by atoms with E-state index in [0.717, 1.165) is 10.0 Å². The molecule has 0 radical (unpaired) electrons. The van der Waals surface area contributed by atoms with E-state index in [4.69, 9.17) is 28.2 Å². The maximum absolute atomic E-state index is 12.3. The number of anilines is 1. The fraction of sp³-hybridized carbons (Fsp3) is 0.0455. The molecule has 4 aromatic rings. The Morgan fingerprint density at radius 3 is 2.63 bits per heavy atom. The van der Waals surface area contributed by atoms with Crippen molar-refractivity contribution < 1.29 is 9.21 Å². The highest BCUT2D eigenvalue weighted by molar-refractivity contribution is 9.10. The first kappa shape index (κ1) is 20.5. The van der Waals surface area contributed by atoms with Crippen molar-refractivity contribution in [3.63, 3.8) is 0 Å². The van der Waals surface area contributed by atoms with Crippen LogP contribution in [0.15, 0.2) is 69.6 Å². The molecule has 0 atom stereocenters. The zero-order chi connectivity index (χ0) is 21.3. The monoisotopic (exact) mass is 499 g/mol. The molecule has 3 aromatic carbocycles. The van der Waals surface area contributed by atoms with Crippen molar-refractivity contribution in [1.29, 1.82) is 0 Å². The van der Waals surface area contributed by atoms with Crippen LogP contribution < -0.4 is 10.6 Å². The Morgan fingerprint density at radius 2 is 1.87 bits per heavy atom. The summed E-state index contributed by atoms with van der Waals surface area (Å²) in [5, 5.41) is 6.41. The molecule has 0 unspecified atom stereocenters. The van der Waals surface area contributed by atoms with Crippen molar-refractivity contribution in [2.75, 3.05) is 5.32 Å². The molecule has 0 saturated carbocycles. The van der Waals surface area contributed by atoms with Gasteiger partial charge >= 0.3 is 0 Å². The third-order valence-electron chi connectivity index (χ3n) is 4.35. The predicted octanol–water partition coefficient (Wildman–Crippen LogP) is 6.35. The summed E-state index contributed by atoms with van der Waals surface area (Å²) in [4.78, 5) is 16.8. The van der Waals surface area contributed by atoms with Gasteiger partial charge in [0.25, 0.3) is 5.91 Å². The molecular weight excluding hydrogens is 486 g/mol. The molecule has 1 amide bonds. The molecule has 5 nitrogen and oxygen atoms in total. The van der Waals surface area contributed by atoms with Crippen LogP contribution >= 0.6 is 39.7 Å². The fourth-order valence-corrected chi connectivity index (χ4v) is 3.59. The first-order chi connectivity index (χ1) is 14.4. The smallest absolute Gasteiger partial charge is 0.257 e. The number of fused-ring (bicyclic) bond motifs is 1. The molecule has 0 aliphatic carbocycles. The molecule has 2 N–H and O–H groups in total. The van der Waals surface area contributed by atoms with Crippen molar-refractivity contribution in [1.82, 2.24) is 10.3 Å². The summed E-state index contributed by atoms with van der Waals surface area (Å²) in [6, 6.07) is 18.1. The summed E-state index contributed by atoms with van der Waals surface area (Å²) in [7, 11) is 0. The van der Waals surface area contributed by atoms with Crippen LogP contribution in [0, 0.1) is 6.92 Å². The number of carbonyl (C=O) groups excluding carboxylic acids is 1. The maximum atomic E-state index is 12.3. The molecule has 4 rings (SSSR count). The lowest BCUT2D eigenvalue weighted by molar-refractivity contribution is 0.0977. The van der Waals surface area contributed by atoms with Gasteiger partial charge in [-0.1, -0.05) is 45.2 Å². The molecule has 0 aliphatic rings. The zero-order valence-corrected chi connectivity index (χ0v) is 18.9. The minimum atomic E-state index is -0.276. The van der Waals surface area contributed by atoms with Crippen molar-refractivity contribution in [2.45, 2.75) is 6.92 Å². The number of thiocarbonyl (C=S) groups is 1. The molecule has 1 aromatic heterocycles. The topological polar surface area (TPSA) is 67.2 Å². The summed E-state index contributed by atoms with van der Waals surface area (Å²) in [6.45, 7) is 1.96. The number of nitrogens with zero attached hydrogens (tertiary/aromatic N) is 1. The SMILES string of the molecule is Cc1ccc(C(=O)NC(=S)Nc2ccc3oc(-c4cc(Br)ccc4Cl)nc3c2)cc1. The van der Waals surface area contributed by atoms with Crippen LogP contribution in [0.2, 0.25) is 5.02 Å². The van der Waals surface area contributed by atoms with Gasteiger partial charge in [0.15, 0.2) is 10.7 Å². The second-order valence-electron chi connectivity index (χ2n) is 6.60. The van der Waals surface area contributed by atoms with Gasteiger partial charge in [0.05, 0.1) is 10.6 Å². The molecule has 0 fully saturated rings. The maximum Gasteiger partial charge on any atom is 0.257 e. The molecule has 30 heavy (non-hydrogen) atoms. The number of oxazole rings is 1. The summed E-state index contributed by atoms with van der Waals surface area (Å²) < 4.78 is 6.71. The molecular formula is C22H15BrClN3O2S. The van der Waals surface area contributed by atoms with E-state index in [1.807, 2.05) is 31.2 Å². The van der Waals surface area contributed by atoms with Crippen LogP contribution in [0.5, 0.6) is 0 Å². The average molecular weight is 501 g/mol. The number of hydrogen-bond acceptors (Lipinski definition) is 4. The first-order valence-electron chi connectivity index (χ1n) is 8.94. The van der Waals surface area contributed by atoms with Gasteiger partial charge in [-0.15, -0.1) is 0 Å². The van der Waals surface area contributed by atoms with E-state index in [2.05, 4.69) is 31.5 Å². The van der Waals surface area contributed by atoms with Crippen molar-refractivity contribution in [3.8, 4) is 11.5 Å². The lowest BCUT2D eigenvalue weighted by atomic mass is 10.1. The summed E-state index contributed by atoms with van der Waals surface area (Å²) in [5.41, 5.74) is 4.23. The van der Waals surface area contributed by atoms with Gasteiger partial charge in [-0.25, -0.2) is 4.98 Å². The molecule has 0 aliphatic heterocycles. The Hall–Kier alpha value is -2.74. The number of carbonyl (C=O) groups is 1. The Labute approximate surface area is 191 Å². The minimum absolute atomic E-state index is 0.193. The molecule has 0 saturated heterocycles. The predicted molar refractivity (Wildman–Crippen MR) is 127 cm³/mol. The van der Waals surface area contributed by atoms with E-state index in [-0.39, 0.29) is 11.0 Å². The highest BCUT2D eigenvalue weighted by Gasteiger charge is 2.13. The van der Waals surface area contributed by atoms with Crippen LogP contribution in [0.1, 0.15) is 15.9 Å². The van der Waals surface area contributed by atoms with Crippen LogP contribution in [-0.2, 0) is 0 Å². The van der Waals surface area contributed by atoms with Crippen LogP contribution in [0.4, 0.5) is 5.69 Å². The van der Waals surface area contributed by atoms with Crippen LogP contribution in [0.25, 0.3) is 22.6 Å². The van der Waals surface area contributed by atoms with Crippen molar-refractivity contribution >= 4 is 67.6 Å². The number of aryl methyl sites for hydroxylation is 1. The first-order valence-corrected chi connectivity index (χ1v) is 10.5. The summed E-state index contributed by atoms with van der Waals surface area (Å²) >= 11 is 15.0. The Bertz CT molecular complexity index is 1270. The quantitative estimate of drug-likeness (QED) is 0.321. The van der Waals surface area contributed by atoms with Gasteiger partial charge in [0.2, 0.25) is 5.89 Å². The van der Waals surface area contributed by atoms with Gasteiger partial charge in [-0.2, -0.15) is 0 Å². The molecule has 1 heterocycles. The van der Waals surface area contributed by atoms with E-state index >= 15 is 0 Å². The van der Waals surface area contributed by atoms with Gasteiger partial charge in [0.1, 0.15) is 5.52 Å². The minimum Gasteiger partial charge on any atom is -0.436 e. The van der Waals surface area contributed by atoms with Gasteiger partial charge in [-0.05, 0) is 67.7 Å². The Kier molecular flexibility index (Phi) is 5.85. The van der Waals surface area contributed by atoms with Crippen molar-refractivity contribution in [2.24, 2.45) is 0 Å². The highest BCUT2D eigenvalue weighted by Crippen LogP contribution is 2.32. The van der Waals surface area contributed by atoms with E-state index in [1.54, 1.807) is 36.4 Å². The number of halogens is 2. The third-order valence-corrected chi connectivity index (χ3v) is 5.37. The lowest BCUT2D eigenvalue weighted by Gasteiger charge is -2.09. The van der Waals surface area contributed by atoms with E-state index in [9.17, 15) is 4.79 Å². The van der Waals surface area contributed by atoms with E-state index in [0.29, 0.717) is 38.8 Å². The number of amides is 1. The normalized spacial score (nSPS) is 10.8. The Morgan fingerprint density at radius 1 is 1.10 bits per heavy atom. The van der Waals surface area contributed by atoms with Crippen LogP contribution in [0.3, 0.4) is 0 Å². The lowest BCUT2D eigenvalue weighted by Crippen LogP contribution is -2.34. The zero-order valence-electron chi connectivity index (χ0n) is 15.7. The van der Waals surface area contributed by atoms with Gasteiger partial charge < -0.3 is 9.73 Å². The number of aromatic nitrogens is 1. The summed E-state index contributed by atoms with van der Waals surface area (Å²) in [5.74, 6) is 0.144. The molecule has 8 heteroatoms. The fourth-order valence-electron chi connectivity index (χ4n) is 2.82. The van der Waals surface area contributed by atoms with E-state index < -0.39 is 0 Å². The number of rotatable bonds is 3. The second kappa shape index (κ2) is 8.55. The van der Waals surface area contributed by atoms with Crippen LogP contribution in [-0.4, -0.2) is 16.0 Å². The van der Waals surface area contributed by atoms with Gasteiger partial charge in [-0.3, -0.25) is 10.1 Å². The van der Waals surface area contributed by atoms with E-state index in [1.165, 1.54) is 0 Å². The highest BCUT2D eigenvalue weighted by atomic mass is 79.9. The van der Waals surface area contributed by atoms with Gasteiger partial charge in [0, 0.05) is 15.7 Å². The summed E-state index contributed by atoms with van der Waals surface area (Å²) in [6.07, 6.45) is 0. The molecule has 150 valence electrons. The average Bonchev–Trinajstić information content (AvgIpc) is 3.13. The largest absolute Gasteiger partial charge is 0.436 e. The second-order valence-corrected chi connectivity index (χ2v) is 8.33. The molecule has 0 spiro atoms.